The fourth-order valence-electron chi connectivity index (χ4n) is 3.82. The maximum Gasteiger partial charge on any atom is 0.147 e. The molecule has 0 saturated carbocycles. The molecule has 0 bridgehead atoms. The predicted octanol–water partition coefficient (Wildman–Crippen LogP) is 4.52. The third-order valence-corrected chi connectivity index (χ3v) is 6.14. The van der Waals surface area contributed by atoms with Gasteiger partial charge in [-0.15, -0.1) is 11.3 Å². The van der Waals surface area contributed by atoms with Gasteiger partial charge in [0.1, 0.15) is 28.6 Å². The highest BCUT2D eigenvalue weighted by atomic mass is 32.1. The molecule has 0 aliphatic carbocycles. The lowest BCUT2D eigenvalue weighted by molar-refractivity contribution is 0.454. The Kier molecular flexibility index (Phi) is 4.09. The summed E-state index contributed by atoms with van der Waals surface area (Å²) in [6, 6.07) is 12.9. The van der Waals surface area contributed by atoms with Gasteiger partial charge in [0.25, 0.3) is 0 Å². The zero-order valence-corrected chi connectivity index (χ0v) is 15.9. The van der Waals surface area contributed by atoms with E-state index in [2.05, 4.69) is 50.4 Å². The zero-order chi connectivity index (χ0) is 18.2. The Bertz CT molecular complexity index is 1060. The first-order chi connectivity index (χ1) is 13.3. The summed E-state index contributed by atoms with van der Waals surface area (Å²) in [5.74, 6) is 2.73. The number of H-pyrrole nitrogens is 1. The standard InChI is InChI=1S/C20H20N6S/c1-13-23-19(26-10-6-5-9-16(26)18-21-12-22-25-18)15-11-17(27-20(15)24-13)14-7-3-2-4-8-14/h2-4,7-8,11-12,16H,5-6,9-10H2,1H3,(H,21,22,25)/t16-/m0/s1. The Balaban J connectivity index is 1.64. The van der Waals surface area contributed by atoms with E-state index in [0.29, 0.717) is 0 Å². The maximum absolute atomic E-state index is 4.85. The van der Waals surface area contributed by atoms with Crippen molar-refractivity contribution in [2.45, 2.75) is 32.2 Å². The Morgan fingerprint density at radius 3 is 2.85 bits per heavy atom. The number of hydrogen-bond donors (Lipinski definition) is 1. The van der Waals surface area contributed by atoms with E-state index < -0.39 is 0 Å². The Hall–Kier alpha value is -2.80. The number of aromatic amines is 1. The van der Waals surface area contributed by atoms with Gasteiger partial charge in [0.15, 0.2) is 0 Å². The average molecular weight is 376 g/mol. The van der Waals surface area contributed by atoms with Gasteiger partial charge in [0.2, 0.25) is 0 Å². The topological polar surface area (TPSA) is 70.6 Å². The molecule has 1 aromatic carbocycles. The van der Waals surface area contributed by atoms with Gasteiger partial charge in [-0.25, -0.2) is 15.0 Å². The second-order valence-electron chi connectivity index (χ2n) is 6.87. The van der Waals surface area contributed by atoms with Crippen molar-refractivity contribution in [2.75, 3.05) is 11.4 Å². The lowest BCUT2D eigenvalue weighted by Gasteiger charge is -2.35. The summed E-state index contributed by atoms with van der Waals surface area (Å²) in [5.41, 5.74) is 1.22. The highest BCUT2D eigenvalue weighted by Crippen LogP contribution is 2.40. The Morgan fingerprint density at radius 1 is 1.15 bits per heavy atom. The van der Waals surface area contributed by atoms with Crippen LogP contribution < -0.4 is 4.90 Å². The fraction of sp³-hybridized carbons (Fsp3) is 0.300. The Morgan fingerprint density at radius 2 is 2.04 bits per heavy atom. The molecule has 1 aliphatic rings. The van der Waals surface area contributed by atoms with Gasteiger partial charge in [-0.1, -0.05) is 30.3 Å². The predicted molar refractivity (Wildman–Crippen MR) is 108 cm³/mol. The van der Waals surface area contributed by atoms with Crippen LogP contribution in [0.15, 0.2) is 42.7 Å². The lowest BCUT2D eigenvalue weighted by atomic mass is 10.0. The molecule has 6 nitrogen and oxygen atoms in total. The minimum Gasteiger partial charge on any atom is -0.346 e. The van der Waals surface area contributed by atoms with E-state index in [4.69, 9.17) is 9.97 Å². The number of aromatic nitrogens is 5. The van der Waals surface area contributed by atoms with E-state index in [1.807, 2.05) is 13.0 Å². The molecule has 0 unspecified atom stereocenters. The summed E-state index contributed by atoms with van der Waals surface area (Å²) in [4.78, 5) is 18.6. The van der Waals surface area contributed by atoms with E-state index in [0.717, 1.165) is 47.1 Å². The lowest BCUT2D eigenvalue weighted by Crippen LogP contribution is -2.35. The van der Waals surface area contributed by atoms with Crippen LogP contribution in [0.25, 0.3) is 20.7 Å². The van der Waals surface area contributed by atoms with Crippen molar-refractivity contribution in [3.63, 3.8) is 0 Å². The zero-order valence-electron chi connectivity index (χ0n) is 15.1. The number of nitrogens with zero attached hydrogens (tertiary/aromatic N) is 5. The number of hydrogen-bond acceptors (Lipinski definition) is 6. The van der Waals surface area contributed by atoms with Crippen molar-refractivity contribution in [2.24, 2.45) is 0 Å². The number of fused-ring (bicyclic) bond motifs is 1. The van der Waals surface area contributed by atoms with Crippen molar-refractivity contribution in [3.05, 3.63) is 54.4 Å². The van der Waals surface area contributed by atoms with E-state index in [1.54, 1.807) is 17.7 Å². The number of piperidine rings is 1. The molecule has 1 atom stereocenters. The van der Waals surface area contributed by atoms with Gasteiger partial charge < -0.3 is 4.90 Å². The molecule has 1 N–H and O–H groups in total. The largest absolute Gasteiger partial charge is 0.346 e. The van der Waals surface area contributed by atoms with Gasteiger partial charge in [-0.2, -0.15) is 5.10 Å². The van der Waals surface area contributed by atoms with E-state index >= 15 is 0 Å². The van der Waals surface area contributed by atoms with Crippen molar-refractivity contribution in [3.8, 4) is 10.4 Å². The van der Waals surface area contributed by atoms with Gasteiger partial charge >= 0.3 is 0 Å². The molecule has 5 rings (SSSR count). The fourth-order valence-corrected chi connectivity index (χ4v) is 4.90. The number of anilines is 1. The minimum absolute atomic E-state index is 0.179. The quantitative estimate of drug-likeness (QED) is 0.569. The number of nitrogens with one attached hydrogen (secondary N) is 1. The van der Waals surface area contributed by atoms with Crippen LogP contribution in [0, 0.1) is 6.92 Å². The second-order valence-corrected chi connectivity index (χ2v) is 7.90. The van der Waals surface area contributed by atoms with Crippen LogP contribution in [-0.4, -0.2) is 31.7 Å². The van der Waals surface area contributed by atoms with Crippen LogP contribution in [0.3, 0.4) is 0 Å². The monoisotopic (exact) mass is 376 g/mol. The first-order valence-corrected chi connectivity index (χ1v) is 10.1. The normalized spacial score (nSPS) is 17.5. The molecule has 0 radical (unpaired) electrons. The first kappa shape index (κ1) is 16.4. The summed E-state index contributed by atoms with van der Waals surface area (Å²) in [7, 11) is 0. The molecule has 0 amide bonds. The molecule has 27 heavy (non-hydrogen) atoms. The SMILES string of the molecule is Cc1nc(N2CCCC[C@H]2c2ncn[nH]2)c2cc(-c3ccccc3)sc2n1. The molecule has 1 aliphatic heterocycles. The summed E-state index contributed by atoms with van der Waals surface area (Å²) in [6.45, 7) is 2.94. The van der Waals surface area contributed by atoms with Crippen LogP contribution in [0.4, 0.5) is 5.82 Å². The van der Waals surface area contributed by atoms with Crippen molar-refractivity contribution >= 4 is 27.4 Å². The highest BCUT2D eigenvalue weighted by Gasteiger charge is 2.29. The second kappa shape index (κ2) is 6.74. The summed E-state index contributed by atoms with van der Waals surface area (Å²) in [5, 5.41) is 8.23. The van der Waals surface area contributed by atoms with Gasteiger partial charge in [-0.3, -0.25) is 5.10 Å². The molecule has 0 spiro atoms. The summed E-state index contributed by atoms with van der Waals surface area (Å²) >= 11 is 1.73. The van der Waals surface area contributed by atoms with Crippen LogP contribution in [0.5, 0.6) is 0 Å². The molecule has 1 saturated heterocycles. The van der Waals surface area contributed by atoms with E-state index in [-0.39, 0.29) is 6.04 Å². The third-order valence-electron chi connectivity index (χ3n) is 5.07. The van der Waals surface area contributed by atoms with E-state index in [1.165, 1.54) is 16.9 Å². The van der Waals surface area contributed by atoms with Crippen molar-refractivity contribution in [1.82, 2.24) is 25.1 Å². The summed E-state index contributed by atoms with van der Waals surface area (Å²) in [6.07, 6.45) is 4.98. The van der Waals surface area contributed by atoms with Gasteiger partial charge in [-0.05, 0) is 37.8 Å². The maximum atomic E-state index is 4.85. The summed E-state index contributed by atoms with van der Waals surface area (Å²) < 4.78 is 0. The van der Waals surface area contributed by atoms with Crippen LogP contribution in [-0.2, 0) is 0 Å². The smallest absolute Gasteiger partial charge is 0.147 e. The van der Waals surface area contributed by atoms with Crippen molar-refractivity contribution < 1.29 is 0 Å². The molecular weight excluding hydrogens is 356 g/mol. The number of benzene rings is 1. The molecule has 3 aromatic heterocycles. The molecular formula is C20H20N6S. The number of rotatable bonds is 3. The average Bonchev–Trinajstić information content (AvgIpc) is 3.38. The van der Waals surface area contributed by atoms with Gasteiger partial charge in [0.05, 0.1) is 11.4 Å². The minimum atomic E-state index is 0.179. The highest BCUT2D eigenvalue weighted by molar-refractivity contribution is 7.21. The van der Waals surface area contributed by atoms with E-state index in [9.17, 15) is 0 Å². The van der Waals surface area contributed by atoms with Crippen LogP contribution in [0.2, 0.25) is 0 Å². The molecule has 7 heteroatoms. The van der Waals surface area contributed by atoms with Gasteiger partial charge in [0, 0.05) is 11.4 Å². The van der Waals surface area contributed by atoms with Crippen molar-refractivity contribution in [1.29, 1.82) is 0 Å². The third kappa shape index (κ3) is 2.98. The molecule has 4 aromatic rings. The Labute approximate surface area is 161 Å². The van der Waals surface area contributed by atoms with Crippen LogP contribution >= 0.6 is 11.3 Å². The molecule has 1 fully saturated rings. The first-order valence-electron chi connectivity index (χ1n) is 9.25. The number of thiophene rings is 1. The van der Waals surface area contributed by atoms with Crippen LogP contribution in [0.1, 0.15) is 37.0 Å². The number of aryl methyl sites for hydroxylation is 1. The molecule has 4 heterocycles. The molecule has 136 valence electrons.